The third kappa shape index (κ3) is 2.39. The molecule has 0 aliphatic carbocycles. The summed E-state index contributed by atoms with van der Waals surface area (Å²) in [5.74, 6) is 0.687. The highest BCUT2D eigenvalue weighted by Crippen LogP contribution is 2.41. The minimum atomic E-state index is -0.289. The van der Waals surface area contributed by atoms with Gasteiger partial charge in [-0.25, -0.2) is 0 Å². The van der Waals surface area contributed by atoms with E-state index in [1.165, 1.54) is 10.4 Å². The number of carbonyl (C=O) groups excluding carboxylic acids is 2. The van der Waals surface area contributed by atoms with Gasteiger partial charge in [-0.1, -0.05) is 0 Å². The number of hydrogen-bond acceptors (Lipinski definition) is 4. The van der Waals surface area contributed by atoms with Gasteiger partial charge < -0.3 is 10.6 Å². The molecule has 3 heterocycles. The molecule has 3 rings (SSSR count). The number of rotatable bonds is 2. The zero-order valence-corrected chi connectivity index (χ0v) is 12.1. The standard InChI is InChI=1S/C13H16N2O2S2/c14-12(16)8-1-4-15(7-8)13(17)11-9-2-5-18-10(9)3-6-19-11/h2,5,8,11H,1,3-4,6-7H2,(H2,14,16)/t8-,11+/m1/s1. The number of fused-ring (bicyclic) bond motifs is 1. The molecule has 1 aromatic heterocycles. The Kier molecular flexibility index (Phi) is 3.54. The van der Waals surface area contributed by atoms with Crippen molar-refractivity contribution in [3.63, 3.8) is 0 Å². The highest BCUT2D eigenvalue weighted by Gasteiger charge is 2.36. The quantitative estimate of drug-likeness (QED) is 0.897. The Morgan fingerprint density at radius 3 is 3.00 bits per heavy atom. The van der Waals surface area contributed by atoms with Crippen molar-refractivity contribution in [2.45, 2.75) is 18.1 Å². The lowest BCUT2D eigenvalue weighted by Gasteiger charge is -2.26. The van der Waals surface area contributed by atoms with Gasteiger partial charge in [0.1, 0.15) is 5.25 Å². The topological polar surface area (TPSA) is 63.4 Å². The second-order valence-corrected chi connectivity index (χ2v) is 7.19. The van der Waals surface area contributed by atoms with Gasteiger partial charge in [-0.15, -0.1) is 23.1 Å². The lowest BCUT2D eigenvalue weighted by molar-refractivity contribution is -0.130. The molecule has 2 aliphatic rings. The zero-order valence-electron chi connectivity index (χ0n) is 10.5. The Balaban J connectivity index is 1.74. The maximum absolute atomic E-state index is 12.6. The molecule has 0 bridgehead atoms. The van der Waals surface area contributed by atoms with E-state index in [1.807, 2.05) is 0 Å². The summed E-state index contributed by atoms with van der Waals surface area (Å²) in [7, 11) is 0. The number of primary amides is 1. The zero-order chi connectivity index (χ0) is 13.4. The van der Waals surface area contributed by atoms with Crippen LogP contribution in [0.5, 0.6) is 0 Å². The van der Waals surface area contributed by atoms with Crippen molar-refractivity contribution in [1.29, 1.82) is 0 Å². The molecule has 1 aromatic rings. The van der Waals surface area contributed by atoms with Gasteiger partial charge in [-0.05, 0) is 35.6 Å². The number of aryl methyl sites for hydroxylation is 1. The molecule has 1 saturated heterocycles. The fourth-order valence-corrected chi connectivity index (χ4v) is 5.08. The molecule has 0 unspecified atom stereocenters. The van der Waals surface area contributed by atoms with Crippen molar-refractivity contribution >= 4 is 34.9 Å². The number of nitrogens with two attached hydrogens (primary N) is 1. The Hall–Kier alpha value is -1.01. The third-order valence-corrected chi connectivity index (χ3v) is 6.03. The Bertz CT molecular complexity index is 514. The molecule has 2 amide bonds. The molecule has 0 radical (unpaired) electrons. The van der Waals surface area contributed by atoms with Gasteiger partial charge in [0.15, 0.2) is 0 Å². The number of hydrogen-bond donors (Lipinski definition) is 1. The summed E-state index contributed by atoms with van der Waals surface area (Å²) in [4.78, 5) is 26.9. The number of amides is 2. The van der Waals surface area contributed by atoms with Crippen LogP contribution in [0.3, 0.4) is 0 Å². The minimum absolute atomic E-state index is 0.0818. The van der Waals surface area contributed by atoms with Gasteiger partial charge >= 0.3 is 0 Å². The van der Waals surface area contributed by atoms with Crippen molar-refractivity contribution in [3.8, 4) is 0 Å². The predicted octanol–water partition coefficient (Wildman–Crippen LogP) is 1.41. The van der Waals surface area contributed by atoms with Crippen LogP contribution in [0.1, 0.15) is 22.1 Å². The highest BCUT2D eigenvalue weighted by atomic mass is 32.2. The Morgan fingerprint density at radius 2 is 2.26 bits per heavy atom. The summed E-state index contributed by atoms with van der Waals surface area (Å²) >= 11 is 3.45. The highest BCUT2D eigenvalue weighted by molar-refractivity contribution is 8.00. The van der Waals surface area contributed by atoms with Crippen molar-refractivity contribution in [2.75, 3.05) is 18.8 Å². The monoisotopic (exact) mass is 296 g/mol. The number of thioether (sulfide) groups is 1. The predicted molar refractivity (Wildman–Crippen MR) is 77.1 cm³/mol. The van der Waals surface area contributed by atoms with E-state index in [0.717, 1.165) is 12.2 Å². The van der Waals surface area contributed by atoms with Gasteiger partial charge in [0.25, 0.3) is 0 Å². The summed E-state index contributed by atoms with van der Waals surface area (Å²) in [5.41, 5.74) is 6.49. The van der Waals surface area contributed by atoms with E-state index >= 15 is 0 Å². The van der Waals surface area contributed by atoms with Gasteiger partial charge in [-0.3, -0.25) is 9.59 Å². The molecule has 2 N–H and O–H groups in total. The number of likely N-dealkylation sites (tertiary alicyclic amines) is 1. The second-order valence-electron chi connectivity index (χ2n) is 4.97. The van der Waals surface area contributed by atoms with Gasteiger partial charge in [-0.2, -0.15) is 0 Å². The average Bonchev–Trinajstić information content (AvgIpc) is 3.06. The molecule has 102 valence electrons. The van der Waals surface area contributed by atoms with E-state index in [2.05, 4.69) is 11.4 Å². The fraction of sp³-hybridized carbons (Fsp3) is 0.538. The summed E-state index contributed by atoms with van der Waals surface area (Å²) in [6.07, 6.45) is 1.76. The van der Waals surface area contributed by atoms with Crippen LogP contribution in [0.25, 0.3) is 0 Å². The van der Waals surface area contributed by atoms with Crippen molar-refractivity contribution in [2.24, 2.45) is 11.7 Å². The van der Waals surface area contributed by atoms with E-state index in [9.17, 15) is 9.59 Å². The van der Waals surface area contributed by atoms with E-state index in [4.69, 9.17) is 5.73 Å². The van der Waals surface area contributed by atoms with E-state index < -0.39 is 0 Å². The number of thiophene rings is 1. The molecule has 6 heteroatoms. The van der Waals surface area contributed by atoms with Crippen molar-refractivity contribution in [1.82, 2.24) is 4.90 Å². The van der Waals surface area contributed by atoms with Gasteiger partial charge in [0, 0.05) is 18.0 Å². The van der Waals surface area contributed by atoms with E-state index in [1.54, 1.807) is 28.0 Å². The van der Waals surface area contributed by atoms with Crippen LogP contribution < -0.4 is 5.73 Å². The number of nitrogens with zero attached hydrogens (tertiary/aromatic N) is 1. The molecule has 2 atom stereocenters. The summed E-state index contributed by atoms with van der Waals surface area (Å²) in [6.45, 7) is 1.15. The molecule has 19 heavy (non-hydrogen) atoms. The minimum Gasteiger partial charge on any atom is -0.369 e. The first-order valence-electron chi connectivity index (χ1n) is 6.43. The molecule has 0 spiro atoms. The molecule has 0 aromatic carbocycles. The first kappa shape index (κ1) is 13.0. The molecule has 1 fully saturated rings. The second kappa shape index (κ2) is 5.17. The lowest BCUT2D eigenvalue weighted by atomic mass is 10.1. The SMILES string of the molecule is NC(=O)[C@@H]1CCN(C(=O)[C@H]2SCCc3sccc32)C1. The molecular formula is C13H16N2O2S2. The Labute approximate surface area is 120 Å². The van der Waals surface area contributed by atoms with Crippen LogP contribution in [0.15, 0.2) is 11.4 Å². The fourth-order valence-electron chi connectivity index (χ4n) is 2.71. The first-order chi connectivity index (χ1) is 9.16. The van der Waals surface area contributed by atoms with Crippen molar-refractivity contribution in [3.05, 3.63) is 21.9 Å². The summed E-state index contributed by atoms with van der Waals surface area (Å²) < 4.78 is 0. The maximum Gasteiger partial charge on any atom is 0.240 e. The molecular weight excluding hydrogens is 280 g/mol. The maximum atomic E-state index is 12.6. The van der Waals surface area contributed by atoms with E-state index in [0.29, 0.717) is 19.5 Å². The smallest absolute Gasteiger partial charge is 0.240 e. The first-order valence-corrected chi connectivity index (χ1v) is 8.35. The van der Waals surface area contributed by atoms with Crippen LogP contribution >= 0.6 is 23.1 Å². The molecule has 2 aliphatic heterocycles. The normalized spacial score (nSPS) is 26.2. The van der Waals surface area contributed by atoms with Crippen LogP contribution in [-0.2, 0) is 16.0 Å². The van der Waals surface area contributed by atoms with Crippen LogP contribution in [0.2, 0.25) is 0 Å². The van der Waals surface area contributed by atoms with Gasteiger partial charge in [0.2, 0.25) is 11.8 Å². The third-order valence-electron chi connectivity index (χ3n) is 3.80. The van der Waals surface area contributed by atoms with Gasteiger partial charge in [0.05, 0.1) is 5.92 Å². The van der Waals surface area contributed by atoms with Crippen LogP contribution in [0, 0.1) is 5.92 Å². The Morgan fingerprint density at radius 1 is 1.42 bits per heavy atom. The average molecular weight is 296 g/mol. The summed E-state index contributed by atoms with van der Waals surface area (Å²) in [6, 6.07) is 2.07. The van der Waals surface area contributed by atoms with Crippen LogP contribution in [-0.4, -0.2) is 35.6 Å². The largest absolute Gasteiger partial charge is 0.369 e. The lowest BCUT2D eigenvalue weighted by Crippen LogP contribution is -2.35. The van der Waals surface area contributed by atoms with E-state index in [-0.39, 0.29) is 23.0 Å². The number of carbonyl (C=O) groups is 2. The van der Waals surface area contributed by atoms with Crippen LogP contribution in [0.4, 0.5) is 0 Å². The van der Waals surface area contributed by atoms with Crippen molar-refractivity contribution < 1.29 is 9.59 Å². The molecule has 0 saturated carbocycles. The summed E-state index contributed by atoms with van der Waals surface area (Å²) in [5, 5.41) is 1.98. The molecule has 4 nitrogen and oxygen atoms in total.